The predicted molar refractivity (Wildman–Crippen MR) is 111 cm³/mol. The lowest BCUT2D eigenvalue weighted by Crippen LogP contribution is -2.39. The van der Waals surface area contributed by atoms with Gasteiger partial charge in [-0.25, -0.2) is 0 Å². The van der Waals surface area contributed by atoms with E-state index >= 15 is 0 Å². The first-order chi connectivity index (χ1) is 13.1. The van der Waals surface area contributed by atoms with E-state index in [0.29, 0.717) is 6.04 Å². The highest BCUT2D eigenvalue weighted by Crippen LogP contribution is 2.41. The number of hydrogen-bond acceptors (Lipinski definition) is 4. The van der Waals surface area contributed by atoms with Crippen molar-refractivity contribution < 1.29 is 4.79 Å². The highest BCUT2D eigenvalue weighted by Gasteiger charge is 2.33. The highest BCUT2D eigenvalue weighted by molar-refractivity contribution is 7.16. The molecule has 0 unspecified atom stereocenters. The molecule has 3 aromatic rings. The summed E-state index contributed by atoms with van der Waals surface area (Å²) in [7, 11) is 0. The van der Waals surface area contributed by atoms with E-state index in [-0.39, 0.29) is 12.1 Å². The molecular weight excluding hydrogens is 354 g/mol. The Morgan fingerprint density at radius 3 is 2.74 bits per heavy atom. The number of rotatable bonds is 2. The number of hydrogen-bond donors (Lipinski definition) is 2. The molecule has 0 saturated carbocycles. The van der Waals surface area contributed by atoms with Crippen LogP contribution in [0.2, 0.25) is 0 Å². The molecule has 2 aromatic carbocycles. The summed E-state index contributed by atoms with van der Waals surface area (Å²) >= 11 is 1.75. The van der Waals surface area contributed by atoms with Crippen LogP contribution in [0.1, 0.15) is 46.4 Å². The van der Waals surface area contributed by atoms with E-state index < -0.39 is 0 Å². The number of benzene rings is 2. The van der Waals surface area contributed by atoms with Gasteiger partial charge in [-0.05, 0) is 48.2 Å². The molecule has 1 atom stereocenters. The maximum atomic E-state index is 12.9. The van der Waals surface area contributed by atoms with Gasteiger partial charge in [0.1, 0.15) is 11.2 Å². The number of thiophene rings is 1. The molecule has 2 aliphatic rings. The Morgan fingerprint density at radius 2 is 1.93 bits per heavy atom. The molecule has 0 radical (unpaired) electrons. The zero-order valence-corrected chi connectivity index (χ0v) is 16.4. The normalized spacial score (nSPS) is 19.5. The van der Waals surface area contributed by atoms with Crippen molar-refractivity contribution in [1.82, 2.24) is 10.2 Å². The third kappa shape index (κ3) is 2.82. The zero-order chi connectivity index (χ0) is 18.5. The molecule has 4 nitrogen and oxygen atoms in total. The Balaban J connectivity index is 1.48. The number of carbonyl (C=O) groups is 1. The Kier molecular flexibility index (Phi) is 3.95. The molecule has 5 rings (SSSR count). The fourth-order valence-corrected chi connectivity index (χ4v) is 5.43. The number of amides is 1. The van der Waals surface area contributed by atoms with Gasteiger partial charge in [0.25, 0.3) is 5.91 Å². The summed E-state index contributed by atoms with van der Waals surface area (Å²) in [5.74, 6) is 0.0532. The van der Waals surface area contributed by atoms with Gasteiger partial charge in [0.05, 0.1) is 5.56 Å². The molecule has 138 valence electrons. The van der Waals surface area contributed by atoms with Crippen molar-refractivity contribution in [3.8, 4) is 0 Å². The van der Waals surface area contributed by atoms with Gasteiger partial charge in [0.15, 0.2) is 0 Å². The molecule has 0 spiro atoms. The van der Waals surface area contributed by atoms with Crippen LogP contribution in [0.3, 0.4) is 0 Å². The van der Waals surface area contributed by atoms with Gasteiger partial charge < -0.3 is 10.6 Å². The molecule has 27 heavy (non-hydrogen) atoms. The summed E-state index contributed by atoms with van der Waals surface area (Å²) in [6.45, 7) is 6.44. The van der Waals surface area contributed by atoms with Crippen molar-refractivity contribution >= 4 is 33.0 Å². The van der Waals surface area contributed by atoms with E-state index in [1.165, 1.54) is 21.2 Å². The maximum Gasteiger partial charge on any atom is 0.256 e. The fourth-order valence-electron chi connectivity index (χ4n) is 4.13. The van der Waals surface area contributed by atoms with Crippen LogP contribution in [0, 0.1) is 0 Å². The van der Waals surface area contributed by atoms with Crippen molar-refractivity contribution in [3.05, 3.63) is 64.0 Å². The summed E-state index contributed by atoms with van der Waals surface area (Å²) in [4.78, 5) is 16.7. The van der Waals surface area contributed by atoms with E-state index in [9.17, 15) is 4.79 Å². The van der Waals surface area contributed by atoms with Gasteiger partial charge in [-0.3, -0.25) is 9.69 Å². The van der Waals surface area contributed by atoms with Crippen LogP contribution < -0.4 is 10.6 Å². The lowest BCUT2D eigenvalue weighted by atomic mass is 9.99. The molecule has 2 N–H and O–H groups in total. The Labute approximate surface area is 163 Å². The molecule has 3 heterocycles. The number of fused-ring (bicyclic) bond motifs is 4. The van der Waals surface area contributed by atoms with Crippen LogP contribution in [-0.2, 0) is 13.0 Å². The Bertz CT molecular complexity index is 1040. The molecular formula is C22H23N3OS. The monoisotopic (exact) mass is 377 g/mol. The van der Waals surface area contributed by atoms with Gasteiger partial charge in [-0.2, -0.15) is 0 Å². The first-order valence-corrected chi connectivity index (χ1v) is 10.4. The molecule has 5 heteroatoms. The van der Waals surface area contributed by atoms with Gasteiger partial charge >= 0.3 is 0 Å². The topological polar surface area (TPSA) is 44.4 Å². The van der Waals surface area contributed by atoms with Crippen molar-refractivity contribution in [1.29, 1.82) is 0 Å². The number of nitrogens with one attached hydrogen (secondary N) is 2. The minimum absolute atomic E-state index is 0.0532. The lowest BCUT2D eigenvalue weighted by Gasteiger charge is -2.31. The van der Waals surface area contributed by atoms with Crippen LogP contribution in [0.4, 0.5) is 5.00 Å². The SMILES string of the molecule is CC(C)N1CCc2c(sc3c2C(=O)N[C@H](c2ccc4ccccc4c2)N3)C1. The smallest absolute Gasteiger partial charge is 0.256 e. The van der Waals surface area contributed by atoms with Crippen molar-refractivity contribution in [2.24, 2.45) is 0 Å². The largest absolute Gasteiger partial charge is 0.353 e. The van der Waals surface area contributed by atoms with Crippen LogP contribution >= 0.6 is 11.3 Å². The van der Waals surface area contributed by atoms with E-state index in [1.54, 1.807) is 11.3 Å². The first-order valence-electron chi connectivity index (χ1n) is 9.55. The molecule has 0 saturated heterocycles. The van der Waals surface area contributed by atoms with Crippen LogP contribution in [-0.4, -0.2) is 23.4 Å². The third-order valence-electron chi connectivity index (χ3n) is 5.70. The van der Waals surface area contributed by atoms with Crippen LogP contribution in [0.25, 0.3) is 10.8 Å². The second-order valence-electron chi connectivity index (χ2n) is 7.68. The van der Waals surface area contributed by atoms with E-state index in [4.69, 9.17) is 0 Å². The molecule has 2 aliphatic heterocycles. The average Bonchev–Trinajstić information content (AvgIpc) is 3.05. The molecule has 1 aromatic heterocycles. The van der Waals surface area contributed by atoms with E-state index in [2.05, 4.69) is 59.7 Å². The van der Waals surface area contributed by atoms with Crippen LogP contribution in [0.15, 0.2) is 42.5 Å². The van der Waals surface area contributed by atoms with E-state index in [0.717, 1.165) is 35.6 Å². The first kappa shape index (κ1) is 16.8. The minimum atomic E-state index is -0.184. The molecule has 1 amide bonds. The second-order valence-corrected chi connectivity index (χ2v) is 8.78. The van der Waals surface area contributed by atoms with Crippen molar-refractivity contribution in [3.63, 3.8) is 0 Å². The number of anilines is 1. The molecule has 0 aliphatic carbocycles. The zero-order valence-electron chi connectivity index (χ0n) is 15.6. The van der Waals surface area contributed by atoms with Gasteiger partial charge in [-0.15, -0.1) is 11.3 Å². The lowest BCUT2D eigenvalue weighted by molar-refractivity contribution is 0.0934. The summed E-state index contributed by atoms with van der Waals surface area (Å²) in [5.41, 5.74) is 3.20. The third-order valence-corrected chi connectivity index (χ3v) is 6.85. The Hall–Kier alpha value is -2.37. The Morgan fingerprint density at radius 1 is 1.11 bits per heavy atom. The molecule has 0 bridgehead atoms. The summed E-state index contributed by atoms with van der Waals surface area (Å²) in [6.07, 6.45) is 0.769. The average molecular weight is 378 g/mol. The second kappa shape index (κ2) is 6.36. The van der Waals surface area contributed by atoms with Gasteiger partial charge in [0, 0.05) is 24.0 Å². The van der Waals surface area contributed by atoms with Crippen molar-refractivity contribution in [2.45, 2.75) is 39.0 Å². The van der Waals surface area contributed by atoms with Crippen LogP contribution in [0.5, 0.6) is 0 Å². The fraction of sp³-hybridized carbons (Fsp3) is 0.318. The quantitative estimate of drug-likeness (QED) is 0.690. The number of nitrogens with zero attached hydrogens (tertiary/aromatic N) is 1. The molecule has 0 fully saturated rings. The standard InChI is InChI=1S/C22H23N3OS/c1-13(2)25-10-9-17-18(12-25)27-22-19(17)21(26)23-20(24-22)16-8-7-14-5-3-4-6-15(14)11-16/h3-8,11,13,20,24H,9-10,12H2,1-2H3,(H,23,26)/t20-/m0/s1. The predicted octanol–water partition coefficient (Wildman–Crippen LogP) is 4.52. The van der Waals surface area contributed by atoms with Crippen molar-refractivity contribution in [2.75, 3.05) is 11.9 Å². The summed E-state index contributed by atoms with van der Waals surface area (Å²) < 4.78 is 0. The highest BCUT2D eigenvalue weighted by atomic mass is 32.1. The van der Waals surface area contributed by atoms with Gasteiger partial charge in [-0.1, -0.05) is 36.4 Å². The van der Waals surface area contributed by atoms with Gasteiger partial charge in [0.2, 0.25) is 0 Å². The van der Waals surface area contributed by atoms with E-state index in [1.807, 2.05) is 12.1 Å². The maximum absolute atomic E-state index is 12.9. The minimum Gasteiger partial charge on any atom is -0.353 e. The summed E-state index contributed by atoms with van der Waals surface area (Å²) in [5, 5.41) is 10.2. The summed E-state index contributed by atoms with van der Waals surface area (Å²) in [6, 6.07) is 15.2. The number of carbonyl (C=O) groups excluding carboxylic acids is 1.